The number of nitrogens with zero attached hydrogens (tertiary/aromatic N) is 3. The lowest BCUT2D eigenvalue weighted by Crippen LogP contribution is -2.13. The third-order valence-corrected chi connectivity index (χ3v) is 4.38. The summed E-state index contributed by atoms with van der Waals surface area (Å²) in [4.78, 5) is 4.24. The van der Waals surface area contributed by atoms with E-state index in [1.54, 1.807) is 42.5 Å². The van der Waals surface area contributed by atoms with E-state index in [1.807, 2.05) is 0 Å². The largest absolute Gasteiger partial charge is 0.417 e. The molecule has 0 aliphatic carbocycles. The maximum atomic E-state index is 13.5. The zero-order chi connectivity index (χ0) is 19.9. The molecule has 0 unspecified atom stereocenters. The van der Waals surface area contributed by atoms with Crippen LogP contribution < -0.4 is 5.32 Å². The zero-order valence-corrected chi connectivity index (χ0v) is 14.3. The van der Waals surface area contributed by atoms with Crippen molar-refractivity contribution in [2.45, 2.75) is 12.7 Å². The Labute approximate surface area is 156 Å². The fourth-order valence-corrected chi connectivity index (χ4v) is 3.09. The van der Waals surface area contributed by atoms with Crippen LogP contribution in [0, 0.1) is 17.1 Å². The van der Waals surface area contributed by atoms with E-state index in [0.717, 1.165) is 6.07 Å². The van der Waals surface area contributed by atoms with E-state index in [0.29, 0.717) is 16.6 Å². The monoisotopic (exact) mass is 384 g/mol. The Morgan fingerprint density at radius 3 is 2.46 bits per heavy atom. The number of benzene rings is 2. The van der Waals surface area contributed by atoms with Gasteiger partial charge in [0.2, 0.25) is 0 Å². The average Bonchev–Trinajstić information content (AvgIpc) is 3.06. The van der Waals surface area contributed by atoms with Crippen LogP contribution in [0.15, 0.2) is 54.6 Å². The highest BCUT2D eigenvalue weighted by Crippen LogP contribution is 2.37. The van der Waals surface area contributed by atoms with Crippen LogP contribution in [-0.2, 0) is 12.7 Å². The first-order valence-electron chi connectivity index (χ1n) is 8.28. The van der Waals surface area contributed by atoms with Crippen LogP contribution in [-0.4, -0.2) is 9.38 Å². The quantitative estimate of drug-likeness (QED) is 0.498. The van der Waals surface area contributed by atoms with Gasteiger partial charge in [0.25, 0.3) is 0 Å². The number of fused-ring (bicyclic) bond motifs is 3. The molecular formula is C20H12F4N4. The molecule has 4 nitrogen and oxygen atoms in total. The molecule has 2 heterocycles. The van der Waals surface area contributed by atoms with Gasteiger partial charge in [-0.15, -0.1) is 0 Å². The van der Waals surface area contributed by atoms with Gasteiger partial charge in [-0.1, -0.05) is 24.3 Å². The molecule has 0 atom stereocenters. The summed E-state index contributed by atoms with van der Waals surface area (Å²) >= 11 is 0. The number of nitrogens with one attached hydrogen (secondary N) is 1. The molecule has 4 aromatic rings. The summed E-state index contributed by atoms with van der Waals surface area (Å²) in [6.45, 7) is 0.172. The SMILES string of the molecule is N#Cc1c(C(F)(F)F)cc(NCc2ccc(F)cc2)n2c1nc1ccccc12. The number of halogens is 4. The highest BCUT2D eigenvalue weighted by Gasteiger charge is 2.36. The Bertz CT molecular complexity index is 1220. The molecular weight excluding hydrogens is 372 g/mol. The molecule has 0 radical (unpaired) electrons. The number of aromatic nitrogens is 2. The van der Waals surface area contributed by atoms with E-state index in [1.165, 1.54) is 16.5 Å². The highest BCUT2D eigenvalue weighted by molar-refractivity contribution is 5.85. The molecule has 0 bridgehead atoms. The zero-order valence-electron chi connectivity index (χ0n) is 14.3. The number of hydrogen-bond donors (Lipinski definition) is 1. The summed E-state index contributed by atoms with van der Waals surface area (Å²) in [5, 5.41) is 12.3. The maximum Gasteiger partial charge on any atom is 0.417 e. The molecule has 0 spiro atoms. The summed E-state index contributed by atoms with van der Waals surface area (Å²) in [5.41, 5.74) is 0.0833. The molecule has 2 aromatic heterocycles. The summed E-state index contributed by atoms with van der Waals surface area (Å²) < 4.78 is 55.2. The molecule has 0 saturated carbocycles. The second-order valence-electron chi connectivity index (χ2n) is 6.17. The van der Waals surface area contributed by atoms with Crippen molar-refractivity contribution in [3.8, 4) is 6.07 Å². The number of imidazole rings is 1. The second-order valence-corrected chi connectivity index (χ2v) is 6.17. The Morgan fingerprint density at radius 2 is 1.79 bits per heavy atom. The van der Waals surface area contributed by atoms with E-state index in [-0.39, 0.29) is 18.0 Å². The molecule has 28 heavy (non-hydrogen) atoms. The highest BCUT2D eigenvalue weighted by atomic mass is 19.4. The fraction of sp³-hybridized carbons (Fsp3) is 0.100. The van der Waals surface area contributed by atoms with Gasteiger partial charge in [0.15, 0.2) is 5.65 Å². The fourth-order valence-electron chi connectivity index (χ4n) is 3.09. The van der Waals surface area contributed by atoms with Gasteiger partial charge in [0.05, 0.1) is 16.6 Å². The van der Waals surface area contributed by atoms with Crippen molar-refractivity contribution in [1.82, 2.24) is 9.38 Å². The molecule has 140 valence electrons. The van der Waals surface area contributed by atoms with Crippen LogP contribution in [0.4, 0.5) is 23.4 Å². The summed E-state index contributed by atoms with van der Waals surface area (Å²) in [5.74, 6) is -0.260. The lowest BCUT2D eigenvalue weighted by molar-refractivity contribution is -0.137. The van der Waals surface area contributed by atoms with Crippen molar-refractivity contribution >= 4 is 22.5 Å². The van der Waals surface area contributed by atoms with Gasteiger partial charge < -0.3 is 5.32 Å². The number of alkyl halides is 3. The summed E-state index contributed by atoms with van der Waals surface area (Å²) in [7, 11) is 0. The van der Waals surface area contributed by atoms with E-state index >= 15 is 0 Å². The number of pyridine rings is 1. The van der Waals surface area contributed by atoms with Crippen LogP contribution in [0.3, 0.4) is 0 Å². The molecule has 4 rings (SSSR count). The third kappa shape index (κ3) is 3.01. The standard InChI is InChI=1S/C20H12F4N4/c21-13-7-5-12(6-8-13)11-26-18-9-15(20(22,23)24)14(10-25)19-27-16-3-1-2-4-17(16)28(18)19/h1-9,26H,11H2. The van der Waals surface area contributed by atoms with E-state index in [4.69, 9.17) is 0 Å². The van der Waals surface area contributed by atoms with Crippen molar-refractivity contribution in [2.75, 3.05) is 5.32 Å². The minimum atomic E-state index is -4.71. The predicted molar refractivity (Wildman–Crippen MR) is 96.1 cm³/mol. The van der Waals surface area contributed by atoms with Gasteiger partial charge in [-0.2, -0.15) is 18.4 Å². The van der Waals surface area contributed by atoms with Crippen molar-refractivity contribution in [2.24, 2.45) is 0 Å². The van der Waals surface area contributed by atoms with Crippen LogP contribution in [0.25, 0.3) is 16.7 Å². The van der Waals surface area contributed by atoms with Crippen LogP contribution >= 0.6 is 0 Å². The Balaban J connectivity index is 1.92. The van der Waals surface area contributed by atoms with Gasteiger partial charge in [-0.25, -0.2) is 9.37 Å². The first-order chi connectivity index (χ1) is 13.4. The predicted octanol–water partition coefficient (Wildman–Crippen LogP) is 5.13. The molecule has 0 fully saturated rings. The van der Waals surface area contributed by atoms with E-state index < -0.39 is 23.1 Å². The van der Waals surface area contributed by atoms with Crippen LogP contribution in [0.2, 0.25) is 0 Å². The van der Waals surface area contributed by atoms with Crippen molar-refractivity contribution in [3.63, 3.8) is 0 Å². The molecule has 0 saturated heterocycles. The minimum absolute atomic E-state index is 0.0693. The van der Waals surface area contributed by atoms with Gasteiger partial charge >= 0.3 is 6.18 Å². The van der Waals surface area contributed by atoms with Crippen LogP contribution in [0.5, 0.6) is 0 Å². The molecule has 2 aromatic carbocycles. The molecule has 0 aliphatic heterocycles. The van der Waals surface area contributed by atoms with Gasteiger partial charge in [0, 0.05) is 6.54 Å². The lowest BCUT2D eigenvalue weighted by Gasteiger charge is -2.15. The second kappa shape index (κ2) is 6.53. The minimum Gasteiger partial charge on any atom is -0.367 e. The smallest absolute Gasteiger partial charge is 0.367 e. The maximum absolute atomic E-state index is 13.5. The number of nitriles is 1. The van der Waals surface area contributed by atoms with Crippen molar-refractivity contribution in [1.29, 1.82) is 5.26 Å². The lowest BCUT2D eigenvalue weighted by atomic mass is 10.1. The van der Waals surface area contributed by atoms with Crippen LogP contribution in [0.1, 0.15) is 16.7 Å². The summed E-state index contributed by atoms with van der Waals surface area (Å²) in [6, 6.07) is 15.0. The Kier molecular flexibility index (Phi) is 4.15. The van der Waals surface area contributed by atoms with Gasteiger partial charge in [-0.3, -0.25) is 4.40 Å². The number of para-hydroxylation sites is 2. The molecule has 0 amide bonds. The van der Waals surface area contributed by atoms with Crippen molar-refractivity contribution in [3.05, 3.63) is 77.1 Å². The topological polar surface area (TPSA) is 53.1 Å². The van der Waals surface area contributed by atoms with Crippen molar-refractivity contribution < 1.29 is 17.6 Å². The number of rotatable bonds is 3. The van der Waals surface area contributed by atoms with Gasteiger partial charge in [0.1, 0.15) is 23.3 Å². The summed E-state index contributed by atoms with van der Waals surface area (Å²) in [6.07, 6.45) is -4.71. The molecule has 8 heteroatoms. The van der Waals surface area contributed by atoms with E-state index in [9.17, 15) is 22.8 Å². The third-order valence-electron chi connectivity index (χ3n) is 4.38. The first-order valence-corrected chi connectivity index (χ1v) is 8.28. The normalized spacial score (nSPS) is 11.7. The number of hydrogen-bond acceptors (Lipinski definition) is 3. The Morgan fingerprint density at radius 1 is 1.07 bits per heavy atom. The molecule has 1 N–H and O–H groups in total. The average molecular weight is 384 g/mol. The Hall–Kier alpha value is -3.60. The number of anilines is 1. The molecule has 0 aliphatic rings. The van der Waals surface area contributed by atoms with E-state index in [2.05, 4.69) is 10.3 Å². The van der Waals surface area contributed by atoms with Gasteiger partial charge in [-0.05, 0) is 35.9 Å². The first kappa shape index (κ1) is 17.8.